The van der Waals surface area contributed by atoms with Gasteiger partial charge in [0.05, 0.1) is 7.11 Å². The minimum atomic E-state index is -0.208. The minimum absolute atomic E-state index is 0.208. The molecule has 84 valence electrons. The minimum Gasteiger partial charge on any atom is -0.466 e. The highest BCUT2D eigenvalue weighted by atomic mass is 16.5. The summed E-state index contributed by atoms with van der Waals surface area (Å²) in [5.74, 6) is -0.208. The number of hydrogen-bond acceptors (Lipinski definition) is 3. The summed E-state index contributed by atoms with van der Waals surface area (Å²) in [6.07, 6.45) is 0.733. The summed E-state index contributed by atoms with van der Waals surface area (Å²) in [5, 5.41) is 3.28. The van der Waals surface area contributed by atoms with Gasteiger partial charge in [-0.05, 0) is 24.1 Å². The molecular formula is C13H15NO2. The molecule has 1 aliphatic rings. The molecule has 1 N–H and O–H groups in total. The number of carbonyl (C=O) groups is 1. The molecule has 0 fully saturated rings. The lowest BCUT2D eigenvalue weighted by molar-refractivity contribution is -0.136. The Kier molecular flexibility index (Phi) is 3.37. The van der Waals surface area contributed by atoms with Crippen molar-refractivity contribution in [2.45, 2.75) is 6.42 Å². The van der Waals surface area contributed by atoms with Crippen molar-refractivity contribution in [1.29, 1.82) is 0 Å². The Morgan fingerprint density at radius 2 is 2.06 bits per heavy atom. The quantitative estimate of drug-likeness (QED) is 0.765. The van der Waals surface area contributed by atoms with Crippen molar-refractivity contribution in [1.82, 2.24) is 5.32 Å². The second-order valence-corrected chi connectivity index (χ2v) is 3.74. The number of rotatable bonds is 2. The number of hydrogen-bond donors (Lipinski definition) is 1. The summed E-state index contributed by atoms with van der Waals surface area (Å²) in [4.78, 5) is 11.6. The van der Waals surface area contributed by atoms with E-state index < -0.39 is 0 Å². The predicted molar refractivity (Wildman–Crippen MR) is 62.9 cm³/mol. The van der Waals surface area contributed by atoms with Crippen molar-refractivity contribution in [3.05, 3.63) is 41.5 Å². The van der Waals surface area contributed by atoms with Crippen LogP contribution in [0, 0.1) is 0 Å². The molecule has 0 amide bonds. The molecule has 16 heavy (non-hydrogen) atoms. The average Bonchev–Trinajstić information content (AvgIpc) is 2.39. The Morgan fingerprint density at radius 3 is 2.75 bits per heavy atom. The second kappa shape index (κ2) is 4.94. The molecule has 0 aromatic heterocycles. The molecule has 1 aromatic carbocycles. The van der Waals surface area contributed by atoms with E-state index in [4.69, 9.17) is 4.74 Å². The zero-order valence-corrected chi connectivity index (χ0v) is 9.32. The van der Waals surface area contributed by atoms with Crippen LogP contribution in [-0.4, -0.2) is 26.2 Å². The Morgan fingerprint density at radius 1 is 1.31 bits per heavy atom. The van der Waals surface area contributed by atoms with Gasteiger partial charge in [-0.15, -0.1) is 0 Å². The van der Waals surface area contributed by atoms with Gasteiger partial charge in [0.1, 0.15) is 0 Å². The lowest BCUT2D eigenvalue weighted by Crippen LogP contribution is -2.27. The first-order valence-electron chi connectivity index (χ1n) is 5.39. The van der Waals surface area contributed by atoms with E-state index in [1.54, 1.807) is 0 Å². The standard InChI is InChI=1S/C13H15NO2/c1-16-13(15)11-7-8-14-9-12(11)10-5-3-2-4-6-10/h2-6,14H,7-9H2,1H3. The van der Waals surface area contributed by atoms with Gasteiger partial charge in [0.15, 0.2) is 0 Å². The van der Waals surface area contributed by atoms with E-state index in [1.807, 2.05) is 30.3 Å². The number of nitrogens with one attached hydrogen (secondary N) is 1. The molecule has 3 nitrogen and oxygen atoms in total. The smallest absolute Gasteiger partial charge is 0.334 e. The number of benzene rings is 1. The van der Waals surface area contributed by atoms with Gasteiger partial charge in [-0.25, -0.2) is 4.79 Å². The van der Waals surface area contributed by atoms with E-state index in [0.29, 0.717) is 0 Å². The molecule has 0 radical (unpaired) electrons. The highest BCUT2D eigenvalue weighted by Crippen LogP contribution is 2.23. The van der Waals surface area contributed by atoms with Crippen LogP contribution in [0.25, 0.3) is 5.57 Å². The van der Waals surface area contributed by atoms with Crippen molar-refractivity contribution in [2.75, 3.05) is 20.2 Å². The first-order valence-corrected chi connectivity index (χ1v) is 5.39. The lowest BCUT2D eigenvalue weighted by atomic mass is 9.95. The van der Waals surface area contributed by atoms with Gasteiger partial charge in [0.2, 0.25) is 0 Å². The van der Waals surface area contributed by atoms with Crippen LogP contribution in [0.1, 0.15) is 12.0 Å². The first kappa shape index (κ1) is 10.9. The van der Waals surface area contributed by atoms with Crippen LogP contribution in [-0.2, 0) is 9.53 Å². The Labute approximate surface area is 95.1 Å². The second-order valence-electron chi connectivity index (χ2n) is 3.74. The van der Waals surface area contributed by atoms with Crippen LogP contribution in [0.15, 0.2) is 35.9 Å². The van der Waals surface area contributed by atoms with E-state index >= 15 is 0 Å². The largest absolute Gasteiger partial charge is 0.466 e. The van der Waals surface area contributed by atoms with Gasteiger partial charge >= 0.3 is 5.97 Å². The number of esters is 1. The maximum absolute atomic E-state index is 11.6. The number of carbonyl (C=O) groups excluding carboxylic acids is 1. The third-order valence-electron chi connectivity index (χ3n) is 2.77. The summed E-state index contributed by atoms with van der Waals surface area (Å²) < 4.78 is 4.82. The lowest BCUT2D eigenvalue weighted by Gasteiger charge is -2.20. The van der Waals surface area contributed by atoms with Gasteiger partial charge in [-0.3, -0.25) is 0 Å². The first-order chi connectivity index (χ1) is 7.83. The molecule has 0 unspecified atom stereocenters. The summed E-state index contributed by atoms with van der Waals surface area (Å²) in [5.41, 5.74) is 2.95. The van der Waals surface area contributed by atoms with Crippen LogP contribution in [0.5, 0.6) is 0 Å². The molecule has 1 aromatic rings. The maximum atomic E-state index is 11.6. The third kappa shape index (κ3) is 2.14. The SMILES string of the molecule is COC(=O)C1=C(c2ccccc2)CNCC1. The summed E-state index contributed by atoms with van der Waals surface area (Å²) in [6.45, 7) is 1.56. The molecule has 3 heteroatoms. The fourth-order valence-electron chi connectivity index (χ4n) is 1.95. The van der Waals surface area contributed by atoms with Crippen LogP contribution >= 0.6 is 0 Å². The van der Waals surface area contributed by atoms with Gasteiger partial charge in [0, 0.05) is 12.1 Å². The molecule has 0 spiro atoms. The molecule has 0 bridgehead atoms. The average molecular weight is 217 g/mol. The maximum Gasteiger partial charge on any atom is 0.334 e. The Balaban J connectivity index is 2.41. The van der Waals surface area contributed by atoms with Crippen LogP contribution < -0.4 is 5.32 Å². The van der Waals surface area contributed by atoms with Crippen LogP contribution in [0.4, 0.5) is 0 Å². The normalized spacial score (nSPS) is 16.1. The summed E-state index contributed by atoms with van der Waals surface area (Å²) in [6, 6.07) is 9.96. The molecule has 0 aliphatic carbocycles. The van der Waals surface area contributed by atoms with Crippen molar-refractivity contribution in [3.8, 4) is 0 Å². The Bertz CT molecular complexity index is 409. The van der Waals surface area contributed by atoms with Gasteiger partial charge in [0.25, 0.3) is 0 Å². The highest BCUT2D eigenvalue weighted by molar-refractivity contribution is 5.98. The molecule has 0 saturated heterocycles. The molecule has 0 saturated carbocycles. The monoisotopic (exact) mass is 217 g/mol. The zero-order chi connectivity index (χ0) is 11.4. The molecule has 1 aliphatic heterocycles. The summed E-state index contributed by atoms with van der Waals surface area (Å²) in [7, 11) is 1.43. The molecular weight excluding hydrogens is 202 g/mol. The van der Waals surface area contributed by atoms with Gasteiger partial charge in [-0.2, -0.15) is 0 Å². The van der Waals surface area contributed by atoms with E-state index in [0.717, 1.165) is 36.2 Å². The third-order valence-corrected chi connectivity index (χ3v) is 2.77. The predicted octanol–water partition coefficient (Wildman–Crippen LogP) is 1.61. The fraction of sp³-hybridized carbons (Fsp3) is 0.308. The van der Waals surface area contributed by atoms with Crippen LogP contribution in [0.3, 0.4) is 0 Å². The number of ether oxygens (including phenoxy) is 1. The van der Waals surface area contributed by atoms with Crippen molar-refractivity contribution < 1.29 is 9.53 Å². The zero-order valence-electron chi connectivity index (χ0n) is 9.32. The number of methoxy groups -OCH3 is 1. The van der Waals surface area contributed by atoms with Crippen LogP contribution in [0.2, 0.25) is 0 Å². The topological polar surface area (TPSA) is 38.3 Å². The molecule has 1 heterocycles. The molecule has 2 rings (SSSR count). The summed E-state index contributed by atoms with van der Waals surface area (Å²) >= 11 is 0. The van der Waals surface area contributed by atoms with E-state index in [9.17, 15) is 4.79 Å². The van der Waals surface area contributed by atoms with E-state index in [2.05, 4.69) is 5.32 Å². The van der Waals surface area contributed by atoms with E-state index in [1.165, 1.54) is 7.11 Å². The van der Waals surface area contributed by atoms with E-state index in [-0.39, 0.29) is 5.97 Å². The van der Waals surface area contributed by atoms with Crippen molar-refractivity contribution in [3.63, 3.8) is 0 Å². The molecule has 0 atom stereocenters. The Hall–Kier alpha value is -1.61. The van der Waals surface area contributed by atoms with Gasteiger partial charge < -0.3 is 10.1 Å². The fourth-order valence-corrected chi connectivity index (χ4v) is 1.95. The van der Waals surface area contributed by atoms with Gasteiger partial charge in [-0.1, -0.05) is 30.3 Å². The highest BCUT2D eigenvalue weighted by Gasteiger charge is 2.20. The van der Waals surface area contributed by atoms with Crippen molar-refractivity contribution in [2.24, 2.45) is 0 Å². The van der Waals surface area contributed by atoms with Crippen molar-refractivity contribution >= 4 is 11.5 Å².